The number of halogens is 2. The highest BCUT2D eigenvalue weighted by Crippen LogP contribution is 2.39. The van der Waals surface area contributed by atoms with Crippen LogP contribution in [0.15, 0.2) is 18.2 Å². The summed E-state index contributed by atoms with van der Waals surface area (Å²) in [6.45, 7) is 8.43. The number of nitrogens with zero attached hydrogens (tertiary/aromatic N) is 1. The van der Waals surface area contributed by atoms with Crippen molar-refractivity contribution >= 4 is 23.5 Å². The SMILES string of the molecule is COC(=O)C(OC(C)(C)C)c1c(C)nc(C(=O)O)c(C)c1-c1ccc(Cl)c(F)c1. The van der Waals surface area contributed by atoms with E-state index in [0.29, 0.717) is 16.7 Å². The van der Waals surface area contributed by atoms with Gasteiger partial charge < -0.3 is 14.6 Å². The standard InChI is InChI=1S/C21H23ClFNO5/c1-10-15(12-7-8-13(22)14(23)9-12)16(11(2)24-17(10)19(25)26)18(20(27)28-6)29-21(3,4)5/h7-9,18H,1-6H3,(H,25,26). The van der Waals surface area contributed by atoms with Crippen molar-refractivity contribution in [2.75, 3.05) is 7.11 Å². The van der Waals surface area contributed by atoms with Crippen LogP contribution in [0.5, 0.6) is 0 Å². The molecule has 1 aromatic heterocycles. The minimum absolute atomic E-state index is 0.0763. The Morgan fingerprint density at radius 1 is 1.24 bits per heavy atom. The fraction of sp³-hybridized carbons (Fsp3) is 0.381. The summed E-state index contributed by atoms with van der Waals surface area (Å²) in [7, 11) is 1.23. The van der Waals surface area contributed by atoms with Crippen molar-refractivity contribution in [2.45, 2.75) is 46.3 Å². The molecule has 29 heavy (non-hydrogen) atoms. The molecule has 1 unspecified atom stereocenters. The molecule has 8 heteroatoms. The van der Waals surface area contributed by atoms with Crippen molar-refractivity contribution in [3.8, 4) is 11.1 Å². The van der Waals surface area contributed by atoms with Gasteiger partial charge in [-0.1, -0.05) is 17.7 Å². The molecule has 2 aromatic rings. The van der Waals surface area contributed by atoms with Crippen molar-refractivity contribution in [3.63, 3.8) is 0 Å². The number of ether oxygens (including phenoxy) is 2. The summed E-state index contributed by atoms with van der Waals surface area (Å²) in [4.78, 5) is 28.4. The first-order valence-corrected chi connectivity index (χ1v) is 9.20. The quantitative estimate of drug-likeness (QED) is 0.689. The van der Waals surface area contributed by atoms with Crippen molar-refractivity contribution in [3.05, 3.63) is 51.6 Å². The average Bonchev–Trinajstić information content (AvgIpc) is 2.62. The summed E-state index contributed by atoms with van der Waals surface area (Å²) in [5.74, 6) is -2.59. The Hall–Kier alpha value is -2.51. The van der Waals surface area contributed by atoms with Gasteiger partial charge in [-0.25, -0.2) is 19.0 Å². The lowest BCUT2D eigenvalue weighted by Gasteiger charge is -2.29. The molecule has 0 bridgehead atoms. The molecule has 0 saturated heterocycles. The Balaban J connectivity index is 2.92. The first-order chi connectivity index (χ1) is 13.4. The average molecular weight is 424 g/mol. The van der Waals surface area contributed by atoms with Crippen LogP contribution in [0.1, 0.15) is 54.2 Å². The molecule has 0 aliphatic carbocycles. The Morgan fingerprint density at radius 3 is 2.34 bits per heavy atom. The van der Waals surface area contributed by atoms with Gasteiger partial charge in [-0.2, -0.15) is 0 Å². The monoisotopic (exact) mass is 423 g/mol. The second kappa shape index (κ2) is 8.47. The van der Waals surface area contributed by atoms with Crippen LogP contribution in [-0.4, -0.2) is 34.7 Å². The van der Waals surface area contributed by atoms with Crippen molar-refractivity contribution in [2.24, 2.45) is 0 Å². The van der Waals surface area contributed by atoms with Crippen molar-refractivity contribution in [1.29, 1.82) is 0 Å². The zero-order valence-corrected chi connectivity index (χ0v) is 17.8. The second-order valence-corrected chi connectivity index (χ2v) is 7.93. The molecular formula is C21H23ClFNO5. The number of carbonyl (C=O) groups is 2. The molecule has 1 aromatic carbocycles. The molecule has 0 aliphatic heterocycles. The van der Waals surface area contributed by atoms with Crippen LogP contribution in [0.25, 0.3) is 11.1 Å². The molecule has 0 saturated carbocycles. The van der Waals surface area contributed by atoms with Crippen LogP contribution < -0.4 is 0 Å². The van der Waals surface area contributed by atoms with Gasteiger partial charge in [-0.3, -0.25) is 0 Å². The lowest BCUT2D eigenvalue weighted by Crippen LogP contribution is -2.30. The van der Waals surface area contributed by atoms with Gasteiger partial charge in [0, 0.05) is 11.3 Å². The number of carboxylic acid groups (broad SMARTS) is 1. The summed E-state index contributed by atoms with van der Waals surface area (Å²) in [6, 6.07) is 4.10. The third kappa shape index (κ3) is 4.92. The maximum absolute atomic E-state index is 14.2. The van der Waals surface area contributed by atoms with Gasteiger partial charge in [-0.15, -0.1) is 0 Å². The molecule has 0 spiro atoms. The van der Waals surface area contributed by atoms with E-state index in [-0.39, 0.29) is 22.0 Å². The number of pyridine rings is 1. The van der Waals surface area contributed by atoms with Gasteiger partial charge in [-0.05, 0) is 63.4 Å². The topological polar surface area (TPSA) is 85.7 Å². The summed E-state index contributed by atoms with van der Waals surface area (Å²) >= 11 is 5.80. The third-order valence-electron chi connectivity index (χ3n) is 4.23. The van der Waals surface area contributed by atoms with Crippen LogP contribution in [-0.2, 0) is 14.3 Å². The molecule has 0 radical (unpaired) electrons. The fourth-order valence-corrected chi connectivity index (χ4v) is 3.17. The van der Waals surface area contributed by atoms with Gasteiger partial charge in [0.05, 0.1) is 17.7 Å². The lowest BCUT2D eigenvalue weighted by atomic mass is 9.89. The van der Waals surface area contributed by atoms with Gasteiger partial charge in [0.15, 0.2) is 11.8 Å². The van der Waals surface area contributed by atoms with E-state index in [2.05, 4.69) is 4.98 Å². The number of methoxy groups -OCH3 is 1. The number of aromatic carboxylic acids is 1. The van der Waals surface area contributed by atoms with Gasteiger partial charge >= 0.3 is 11.9 Å². The highest BCUT2D eigenvalue weighted by molar-refractivity contribution is 6.30. The first kappa shape index (κ1) is 22.8. The van der Waals surface area contributed by atoms with E-state index in [1.165, 1.54) is 19.2 Å². The molecule has 156 valence electrons. The summed E-state index contributed by atoms with van der Waals surface area (Å²) in [5.41, 5.74) is 0.604. The number of hydrogen-bond acceptors (Lipinski definition) is 5. The number of aromatic nitrogens is 1. The molecule has 2 rings (SSSR count). The van der Waals surface area contributed by atoms with E-state index in [1.807, 2.05) is 0 Å². The molecule has 1 heterocycles. The minimum atomic E-state index is -1.24. The lowest BCUT2D eigenvalue weighted by molar-refractivity contribution is -0.164. The van der Waals surface area contributed by atoms with Crippen LogP contribution in [0.4, 0.5) is 4.39 Å². The highest BCUT2D eigenvalue weighted by Gasteiger charge is 2.34. The number of benzene rings is 1. The highest BCUT2D eigenvalue weighted by atomic mass is 35.5. The van der Waals surface area contributed by atoms with Crippen molar-refractivity contribution in [1.82, 2.24) is 4.98 Å². The molecule has 0 fully saturated rings. The Labute approximate surface area is 173 Å². The predicted octanol–water partition coefficient (Wildman–Crippen LogP) is 4.89. The smallest absolute Gasteiger partial charge is 0.354 e. The Morgan fingerprint density at radius 2 is 1.86 bits per heavy atom. The summed E-state index contributed by atoms with van der Waals surface area (Å²) < 4.78 is 25.1. The molecule has 0 aliphatic rings. The molecule has 6 nitrogen and oxygen atoms in total. The third-order valence-corrected chi connectivity index (χ3v) is 4.54. The Bertz CT molecular complexity index is 969. The zero-order chi connectivity index (χ0) is 22.1. The van der Waals surface area contributed by atoms with E-state index in [9.17, 15) is 19.1 Å². The maximum Gasteiger partial charge on any atom is 0.354 e. The van der Waals surface area contributed by atoms with E-state index in [1.54, 1.807) is 40.7 Å². The number of esters is 1. The number of rotatable bonds is 5. The predicted molar refractivity (Wildman–Crippen MR) is 107 cm³/mol. The molecular weight excluding hydrogens is 401 g/mol. The Kier molecular flexibility index (Phi) is 6.65. The first-order valence-electron chi connectivity index (χ1n) is 8.82. The number of hydrogen-bond donors (Lipinski definition) is 1. The van der Waals surface area contributed by atoms with Crippen LogP contribution in [0.2, 0.25) is 5.02 Å². The molecule has 1 atom stereocenters. The summed E-state index contributed by atoms with van der Waals surface area (Å²) in [5, 5.41) is 9.47. The fourth-order valence-electron chi connectivity index (χ4n) is 3.05. The van der Waals surface area contributed by atoms with E-state index >= 15 is 0 Å². The summed E-state index contributed by atoms with van der Waals surface area (Å²) in [6.07, 6.45) is -1.19. The van der Waals surface area contributed by atoms with Gasteiger partial charge in [0.1, 0.15) is 5.82 Å². The van der Waals surface area contributed by atoms with Crippen LogP contribution >= 0.6 is 11.6 Å². The maximum atomic E-state index is 14.2. The largest absolute Gasteiger partial charge is 0.477 e. The molecule has 1 N–H and O–H groups in total. The number of carboxylic acids is 1. The number of aryl methyl sites for hydroxylation is 1. The number of carbonyl (C=O) groups excluding carboxylic acids is 1. The zero-order valence-electron chi connectivity index (χ0n) is 17.1. The van der Waals surface area contributed by atoms with E-state index in [0.717, 1.165) is 0 Å². The second-order valence-electron chi connectivity index (χ2n) is 7.53. The molecule has 0 amide bonds. The van der Waals surface area contributed by atoms with Gasteiger partial charge in [0.2, 0.25) is 0 Å². The van der Waals surface area contributed by atoms with Crippen LogP contribution in [0.3, 0.4) is 0 Å². The van der Waals surface area contributed by atoms with E-state index in [4.69, 9.17) is 21.1 Å². The normalized spacial score (nSPS) is 12.6. The van der Waals surface area contributed by atoms with E-state index < -0.39 is 29.5 Å². The minimum Gasteiger partial charge on any atom is -0.477 e. The van der Waals surface area contributed by atoms with Gasteiger partial charge in [0.25, 0.3) is 0 Å². The van der Waals surface area contributed by atoms with Crippen LogP contribution in [0, 0.1) is 19.7 Å². The van der Waals surface area contributed by atoms with Crippen molar-refractivity contribution < 1.29 is 28.6 Å².